The number of halogens is 1. The van der Waals surface area contributed by atoms with Gasteiger partial charge in [-0.05, 0) is 32.3 Å². The van der Waals surface area contributed by atoms with Gasteiger partial charge in [0.15, 0.2) is 5.96 Å². The standard InChI is InChI=1S/C19H32N4O3S.HI/c1-3-20-19(21-12-15-26-16-17-8-6-5-7-9-17)22-18-10-13-23(14-11-18)27(24,25)4-2;/h5-9,18H,3-4,10-16H2,1-2H3,(H2,20,21,22);1H. The van der Waals surface area contributed by atoms with Crippen LogP contribution in [0.5, 0.6) is 0 Å². The first-order valence-corrected chi connectivity index (χ1v) is 11.3. The summed E-state index contributed by atoms with van der Waals surface area (Å²) in [6.07, 6.45) is 1.57. The number of ether oxygens (including phenoxy) is 1. The highest BCUT2D eigenvalue weighted by molar-refractivity contribution is 14.0. The third kappa shape index (κ3) is 8.62. The molecule has 1 saturated heterocycles. The first-order valence-electron chi connectivity index (χ1n) is 9.69. The van der Waals surface area contributed by atoms with Crippen molar-refractivity contribution in [2.24, 2.45) is 4.99 Å². The van der Waals surface area contributed by atoms with E-state index in [0.29, 0.717) is 32.8 Å². The Morgan fingerprint density at radius 1 is 1.21 bits per heavy atom. The summed E-state index contributed by atoms with van der Waals surface area (Å²) in [6, 6.07) is 10.3. The summed E-state index contributed by atoms with van der Waals surface area (Å²) in [4.78, 5) is 4.56. The van der Waals surface area contributed by atoms with Gasteiger partial charge in [0.05, 0.1) is 25.5 Å². The molecule has 2 rings (SSSR count). The second-order valence-corrected chi connectivity index (χ2v) is 8.77. The molecule has 1 fully saturated rings. The first kappa shape index (κ1) is 25.1. The van der Waals surface area contributed by atoms with Crippen molar-refractivity contribution in [2.75, 3.05) is 38.5 Å². The lowest BCUT2D eigenvalue weighted by atomic mass is 10.1. The van der Waals surface area contributed by atoms with Gasteiger partial charge < -0.3 is 15.4 Å². The minimum absolute atomic E-state index is 0. The van der Waals surface area contributed by atoms with Crippen LogP contribution in [0.4, 0.5) is 0 Å². The van der Waals surface area contributed by atoms with Crippen molar-refractivity contribution in [2.45, 2.75) is 39.3 Å². The van der Waals surface area contributed by atoms with E-state index in [9.17, 15) is 8.42 Å². The average molecular weight is 524 g/mol. The molecule has 28 heavy (non-hydrogen) atoms. The Hall–Kier alpha value is -0.910. The number of sulfonamides is 1. The quantitative estimate of drug-likeness (QED) is 0.224. The van der Waals surface area contributed by atoms with E-state index in [1.165, 1.54) is 0 Å². The van der Waals surface area contributed by atoms with E-state index >= 15 is 0 Å². The third-order valence-electron chi connectivity index (χ3n) is 4.51. The largest absolute Gasteiger partial charge is 0.375 e. The summed E-state index contributed by atoms with van der Waals surface area (Å²) < 4.78 is 31.1. The number of nitrogens with zero attached hydrogens (tertiary/aromatic N) is 2. The molecule has 9 heteroatoms. The number of benzene rings is 1. The molecule has 0 aliphatic carbocycles. The summed E-state index contributed by atoms with van der Waals surface area (Å²) >= 11 is 0. The Bertz CT molecular complexity index is 678. The molecule has 160 valence electrons. The van der Waals surface area contributed by atoms with Crippen molar-refractivity contribution in [3.05, 3.63) is 35.9 Å². The first-order chi connectivity index (χ1) is 13.0. The number of aliphatic imine (C=N–C) groups is 1. The topological polar surface area (TPSA) is 83.0 Å². The molecule has 1 aliphatic rings. The lowest BCUT2D eigenvalue weighted by Gasteiger charge is -2.32. The molecule has 1 aromatic rings. The van der Waals surface area contributed by atoms with Gasteiger partial charge in [-0.25, -0.2) is 12.7 Å². The molecular formula is C19H33IN4O3S. The van der Waals surface area contributed by atoms with E-state index in [2.05, 4.69) is 15.6 Å². The third-order valence-corrected chi connectivity index (χ3v) is 6.40. The zero-order valence-corrected chi connectivity index (χ0v) is 19.9. The molecule has 7 nitrogen and oxygen atoms in total. The lowest BCUT2D eigenvalue weighted by Crippen LogP contribution is -2.50. The highest BCUT2D eigenvalue weighted by Gasteiger charge is 2.26. The van der Waals surface area contributed by atoms with Crippen molar-refractivity contribution in [1.29, 1.82) is 0 Å². The van der Waals surface area contributed by atoms with Gasteiger partial charge in [0.1, 0.15) is 0 Å². The van der Waals surface area contributed by atoms with Crippen LogP contribution in [0, 0.1) is 0 Å². The fourth-order valence-electron chi connectivity index (χ4n) is 2.96. The summed E-state index contributed by atoms with van der Waals surface area (Å²) in [7, 11) is -3.08. The molecule has 1 aliphatic heterocycles. The summed E-state index contributed by atoms with van der Waals surface area (Å²) in [5, 5.41) is 6.66. The summed E-state index contributed by atoms with van der Waals surface area (Å²) in [5.74, 6) is 0.927. The Balaban J connectivity index is 0.00000392. The molecule has 2 N–H and O–H groups in total. The predicted molar refractivity (Wildman–Crippen MR) is 125 cm³/mol. The highest BCUT2D eigenvalue weighted by atomic mass is 127. The Labute approximate surface area is 186 Å². The molecule has 0 amide bonds. The minimum atomic E-state index is -3.08. The SMILES string of the molecule is CCNC(=NCCOCc1ccccc1)NC1CCN(S(=O)(=O)CC)CC1.I. The number of piperidine rings is 1. The molecular weight excluding hydrogens is 491 g/mol. The van der Waals surface area contributed by atoms with Gasteiger partial charge in [-0.2, -0.15) is 0 Å². The van der Waals surface area contributed by atoms with Gasteiger partial charge in [-0.15, -0.1) is 24.0 Å². The van der Waals surface area contributed by atoms with Crippen LogP contribution in [0.3, 0.4) is 0 Å². The molecule has 0 bridgehead atoms. The fraction of sp³-hybridized carbons (Fsp3) is 0.632. The zero-order chi connectivity index (χ0) is 19.5. The van der Waals surface area contributed by atoms with E-state index in [-0.39, 0.29) is 35.8 Å². The fourth-order valence-corrected chi connectivity index (χ4v) is 4.09. The van der Waals surface area contributed by atoms with Crippen LogP contribution in [-0.2, 0) is 21.4 Å². The number of hydrogen-bond donors (Lipinski definition) is 2. The smallest absolute Gasteiger partial charge is 0.213 e. The van der Waals surface area contributed by atoms with Crippen molar-refractivity contribution in [1.82, 2.24) is 14.9 Å². The highest BCUT2D eigenvalue weighted by Crippen LogP contribution is 2.14. The lowest BCUT2D eigenvalue weighted by molar-refractivity contribution is 0.128. The molecule has 0 aromatic heterocycles. The van der Waals surface area contributed by atoms with Crippen LogP contribution in [0.25, 0.3) is 0 Å². The van der Waals surface area contributed by atoms with Crippen molar-refractivity contribution in [3.8, 4) is 0 Å². The number of nitrogens with one attached hydrogen (secondary N) is 2. The van der Waals surface area contributed by atoms with E-state index in [0.717, 1.165) is 30.9 Å². The van der Waals surface area contributed by atoms with Crippen LogP contribution < -0.4 is 10.6 Å². The Morgan fingerprint density at radius 2 is 1.89 bits per heavy atom. The molecule has 0 saturated carbocycles. The van der Waals surface area contributed by atoms with Crippen LogP contribution in [0.15, 0.2) is 35.3 Å². The van der Waals surface area contributed by atoms with Crippen LogP contribution in [-0.4, -0.2) is 63.3 Å². The maximum atomic E-state index is 11.9. The number of rotatable bonds is 9. The van der Waals surface area contributed by atoms with Gasteiger partial charge in [-0.1, -0.05) is 30.3 Å². The van der Waals surface area contributed by atoms with Crippen LogP contribution in [0.2, 0.25) is 0 Å². The van der Waals surface area contributed by atoms with Gasteiger partial charge in [0, 0.05) is 25.7 Å². The predicted octanol–water partition coefficient (Wildman–Crippen LogP) is 2.19. The Morgan fingerprint density at radius 3 is 2.50 bits per heavy atom. The average Bonchev–Trinajstić information content (AvgIpc) is 2.69. The van der Waals surface area contributed by atoms with Crippen molar-refractivity contribution in [3.63, 3.8) is 0 Å². The maximum absolute atomic E-state index is 11.9. The molecule has 0 unspecified atom stereocenters. The van der Waals surface area contributed by atoms with Gasteiger partial charge >= 0.3 is 0 Å². The summed E-state index contributed by atoms with van der Waals surface area (Å²) in [5.41, 5.74) is 1.15. The van der Waals surface area contributed by atoms with Crippen LogP contribution in [0.1, 0.15) is 32.3 Å². The van der Waals surface area contributed by atoms with E-state index < -0.39 is 10.0 Å². The molecule has 0 radical (unpaired) electrons. The zero-order valence-electron chi connectivity index (χ0n) is 16.8. The maximum Gasteiger partial charge on any atom is 0.213 e. The van der Waals surface area contributed by atoms with Crippen LogP contribution >= 0.6 is 24.0 Å². The normalized spacial score (nSPS) is 16.4. The van der Waals surface area contributed by atoms with E-state index in [4.69, 9.17) is 4.74 Å². The second-order valence-electron chi connectivity index (χ2n) is 6.52. The van der Waals surface area contributed by atoms with Crippen molar-refractivity contribution < 1.29 is 13.2 Å². The van der Waals surface area contributed by atoms with E-state index in [1.807, 2.05) is 37.3 Å². The second kappa shape index (κ2) is 13.3. The van der Waals surface area contributed by atoms with E-state index in [1.54, 1.807) is 11.2 Å². The van der Waals surface area contributed by atoms with Crippen molar-refractivity contribution >= 4 is 40.0 Å². The molecule has 1 aromatic carbocycles. The number of hydrogen-bond acceptors (Lipinski definition) is 4. The molecule has 0 spiro atoms. The monoisotopic (exact) mass is 524 g/mol. The van der Waals surface area contributed by atoms with Gasteiger partial charge in [-0.3, -0.25) is 4.99 Å². The molecule has 0 atom stereocenters. The molecule has 1 heterocycles. The Kier molecular flexibility index (Phi) is 12.0. The van der Waals surface area contributed by atoms with Gasteiger partial charge in [0.2, 0.25) is 10.0 Å². The minimum Gasteiger partial charge on any atom is -0.375 e. The number of guanidine groups is 1. The summed E-state index contributed by atoms with van der Waals surface area (Å²) in [6.45, 7) is 7.34. The van der Waals surface area contributed by atoms with Gasteiger partial charge in [0.25, 0.3) is 0 Å².